The van der Waals surface area contributed by atoms with Gasteiger partial charge in [0.25, 0.3) is 0 Å². The number of hydrogen-bond acceptors (Lipinski definition) is 5. The highest BCUT2D eigenvalue weighted by Gasteiger charge is 2.12. The Morgan fingerprint density at radius 3 is 2.84 bits per heavy atom. The summed E-state index contributed by atoms with van der Waals surface area (Å²) in [4.78, 5) is 36.7. The molecule has 8 heteroatoms. The number of aryl methyl sites for hydroxylation is 1. The highest BCUT2D eigenvalue weighted by molar-refractivity contribution is 5.85. The summed E-state index contributed by atoms with van der Waals surface area (Å²) in [6, 6.07) is 13.3. The molecular formula is C23H22N6O2. The number of fused-ring (bicyclic) bond motifs is 1. The van der Waals surface area contributed by atoms with Crippen LogP contribution in [0.1, 0.15) is 17.0 Å². The van der Waals surface area contributed by atoms with Crippen LogP contribution in [-0.4, -0.2) is 38.5 Å². The van der Waals surface area contributed by atoms with Gasteiger partial charge in [0.2, 0.25) is 5.91 Å². The smallest absolute Gasteiger partial charge is 0.312 e. The molecule has 0 aliphatic rings. The molecule has 0 aliphatic heterocycles. The van der Waals surface area contributed by atoms with Crippen LogP contribution >= 0.6 is 0 Å². The van der Waals surface area contributed by atoms with E-state index in [1.807, 2.05) is 55.6 Å². The van der Waals surface area contributed by atoms with Crippen LogP contribution in [0.3, 0.4) is 0 Å². The molecule has 0 aliphatic carbocycles. The average Bonchev–Trinajstić information content (AvgIpc) is 3.19. The van der Waals surface area contributed by atoms with Gasteiger partial charge in [-0.1, -0.05) is 12.1 Å². The summed E-state index contributed by atoms with van der Waals surface area (Å²) in [6.45, 7) is 5.65. The van der Waals surface area contributed by atoms with Crippen molar-refractivity contribution in [3.8, 4) is 0 Å². The molecule has 3 heterocycles. The van der Waals surface area contributed by atoms with Gasteiger partial charge >= 0.3 is 5.56 Å². The quantitative estimate of drug-likeness (QED) is 0.469. The van der Waals surface area contributed by atoms with Crippen molar-refractivity contribution in [1.82, 2.24) is 19.3 Å². The summed E-state index contributed by atoms with van der Waals surface area (Å²) < 4.78 is 3.37. The predicted molar refractivity (Wildman–Crippen MR) is 121 cm³/mol. The first kappa shape index (κ1) is 20.2. The van der Waals surface area contributed by atoms with Crippen LogP contribution in [0, 0.1) is 6.92 Å². The maximum atomic E-state index is 13.2. The molecule has 0 saturated carbocycles. The van der Waals surface area contributed by atoms with Gasteiger partial charge in [0.1, 0.15) is 0 Å². The minimum Gasteiger partial charge on any atom is -0.365 e. The first-order valence-corrected chi connectivity index (χ1v) is 9.89. The van der Waals surface area contributed by atoms with E-state index in [1.54, 1.807) is 21.7 Å². The van der Waals surface area contributed by atoms with E-state index in [4.69, 9.17) is 0 Å². The van der Waals surface area contributed by atoms with E-state index in [2.05, 4.69) is 27.0 Å². The molecule has 1 amide bonds. The van der Waals surface area contributed by atoms with Crippen molar-refractivity contribution in [3.05, 3.63) is 88.4 Å². The van der Waals surface area contributed by atoms with E-state index in [0.29, 0.717) is 18.7 Å². The maximum Gasteiger partial charge on any atom is 0.312 e. The molecule has 0 atom stereocenters. The zero-order valence-electron chi connectivity index (χ0n) is 17.2. The second-order valence-electron chi connectivity index (χ2n) is 7.15. The van der Waals surface area contributed by atoms with Crippen LogP contribution in [0.4, 0.5) is 5.82 Å². The topological polar surface area (TPSA) is 94.2 Å². The second kappa shape index (κ2) is 8.74. The molecule has 1 aromatic carbocycles. The van der Waals surface area contributed by atoms with E-state index < -0.39 is 0 Å². The number of nitrogens with zero attached hydrogens (tertiary/aromatic N) is 5. The number of anilines is 1. The van der Waals surface area contributed by atoms with Gasteiger partial charge in [0.15, 0.2) is 5.82 Å². The minimum atomic E-state index is -0.276. The third-order valence-corrected chi connectivity index (χ3v) is 4.99. The Hall–Kier alpha value is -4.07. The number of amides is 1. The van der Waals surface area contributed by atoms with Gasteiger partial charge in [-0.25, -0.2) is 14.7 Å². The number of aliphatic imine (C=N–C) groups is 1. The van der Waals surface area contributed by atoms with Crippen molar-refractivity contribution in [2.75, 3.05) is 11.9 Å². The van der Waals surface area contributed by atoms with Crippen LogP contribution in [-0.2, 0) is 17.6 Å². The Bertz CT molecular complexity index is 1310. The number of hydrogen-bond donors (Lipinski definition) is 1. The molecule has 0 saturated heterocycles. The molecule has 31 heavy (non-hydrogen) atoms. The number of pyridine rings is 1. The molecule has 8 nitrogen and oxygen atoms in total. The number of nitrogens with one attached hydrogen (secondary N) is 1. The SMILES string of the molecule is C=NC(=O)Cc1ccc2c(ccn2-n2c(C)cnc(NCCc3ccccn3)c2=O)c1. The predicted octanol–water partition coefficient (Wildman–Crippen LogP) is 2.64. The first-order valence-electron chi connectivity index (χ1n) is 9.89. The Kier molecular flexibility index (Phi) is 5.70. The summed E-state index contributed by atoms with van der Waals surface area (Å²) in [6.07, 6.45) is 6.12. The third-order valence-electron chi connectivity index (χ3n) is 4.99. The molecule has 3 aromatic heterocycles. The lowest BCUT2D eigenvalue weighted by Crippen LogP contribution is -2.31. The highest BCUT2D eigenvalue weighted by atomic mass is 16.1. The summed E-state index contributed by atoms with van der Waals surface area (Å²) in [5, 5.41) is 4.04. The zero-order chi connectivity index (χ0) is 21.8. The van der Waals surface area contributed by atoms with Gasteiger partial charge in [-0.15, -0.1) is 0 Å². The van der Waals surface area contributed by atoms with Gasteiger partial charge < -0.3 is 5.32 Å². The number of rotatable bonds is 7. The fraction of sp³-hybridized carbons (Fsp3) is 0.174. The molecule has 4 aromatic rings. The van der Waals surface area contributed by atoms with Crippen molar-refractivity contribution in [2.24, 2.45) is 4.99 Å². The Morgan fingerprint density at radius 1 is 1.19 bits per heavy atom. The first-order chi connectivity index (χ1) is 15.1. The summed E-state index contributed by atoms with van der Waals surface area (Å²) >= 11 is 0. The van der Waals surface area contributed by atoms with Crippen LogP contribution < -0.4 is 10.9 Å². The summed E-state index contributed by atoms with van der Waals surface area (Å²) in [5.74, 6) is 0.00375. The number of benzene rings is 1. The van der Waals surface area contributed by atoms with Crippen molar-refractivity contribution in [1.29, 1.82) is 0 Å². The lowest BCUT2D eigenvalue weighted by Gasteiger charge is -2.14. The Balaban J connectivity index is 1.62. The molecule has 0 unspecified atom stereocenters. The molecule has 0 spiro atoms. The van der Waals surface area contributed by atoms with Crippen LogP contribution in [0.15, 0.2) is 70.8 Å². The molecule has 0 radical (unpaired) electrons. The standard InChI is InChI=1S/C23H22N6O2/c1-16-15-27-22(26-11-8-19-5-3-4-10-25-19)23(31)29(16)28-12-9-18-13-17(6-7-20(18)28)14-21(30)24-2/h3-7,9-10,12-13,15H,2,8,11,14H2,1H3,(H,26,27). The van der Waals surface area contributed by atoms with Gasteiger partial charge in [-0.3, -0.25) is 19.2 Å². The monoisotopic (exact) mass is 414 g/mol. The van der Waals surface area contributed by atoms with Crippen LogP contribution in [0.2, 0.25) is 0 Å². The van der Waals surface area contributed by atoms with Crippen molar-refractivity contribution in [3.63, 3.8) is 0 Å². The minimum absolute atomic E-state index is 0.198. The lowest BCUT2D eigenvalue weighted by atomic mass is 10.1. The number of carbonyl (C=O) groups excluding carboxylic acids is 1. The van der Waals surface area contributed by atoms with Crippen LogP contribution in [0.25, 0.3) is 10.9 Å². The van der Waals surface area contributed by atoms with Gasteiger partial charge in [-0.2, -0.15) is 0 Å². The summed E-state index contributed by atoms with van der Waals surface area (Å²) in [7, 11) is 0. The van der Waals surface area contributed by atoms with Gasteiger partial charge in [0.05, 0.1) is 23.8 Å². The largest absolute Gasteiger partial charge is 0.365 e. The third kappa shape index (κ3) is 4.28. The fourth-order valence-corrected chi connectivity index (χ4v) is 3.46. The molecule has 4 rings (SSSR count). The zero-order valence-corrected chi connectivity index (χ0v) is 17.2. The summed E-state index contributed by atoms with van der Waals surface area (Å²) in [5.41, 5.74) is 3.10. The number of aromatic nitrogens is 4. The maximum absolute atomic E-state index is 13.2. The Morgan fingerprint density at radius 2 is 2.06 bits per heavy atom. The van der Waals surface area contributed by atoms with E-state index >= 15 is 0 Å². The van der Waals surface area contributed by atoms with E-state index in [9.17, 15) is 9.59 Å². The number of carbonyl (C=O) groups is 1. The lowest BCUT2D eigenvalue weighted by molar-refractivity contribution is -0.117. The Labute approximate surface area is 178 Å². The van der Waals surface area contributed by atoms with E-state index in [1.165, 1.54) is 0 Å². The average molecular weight is 414 g/mol. The van der Waals surface area contributed by atoms with E-state index in [-0.39, 0.29) is 23.7 Å². The molecule has 1 N–H and O–H groups in total. The molecule has 0 bridgehead atoms. The van der Waals surface area contributed by atoms with Gasteiger partial charge in [-0.05, 0) is 49.5 Å². The molecule has 156 valence electrons. The van der Waals surface area contributed by atoms with Crippen molar-refractivity contribution >= 4 is 29.3 Å². The van der Waals surface area contributed by atoms with Crippen LogP contribution in [0.5, 0.6) is 0 Å². The van der Waals surface area contributed by atoms with Crippen molar-refractivity contribution in [2.45, 2.75) is 19.8 Å². The van der Waals surface area contributed by atoms with Gasteiger partial charge in [0, 0.05) is 36.4 Å². The molecular weight excluding hydrogens is 392 g/mol. The fourth-order valence-electron chi connectivity index (χ4n) is 3.46. The molecule has 0 fully saturated rings. The normalized spacial score (nSPS) is 10.9. The van der Waals surface area contributed by atoms with E-state index in [0.717, 1.165) is 22.2 Å². The highest BCUT2D eigenvalue weighted by Crippen LogP contribution is 2.19. The van der Waals surface area contributed by atoms with Crippen molar-refractivity contribution < 1.29 is 4.79 Å². The second-order valence-corrected chi connectivity index (χ2v) is 7.15.